The number of rotatable bonds is 2. The minimum atomic E-state index is -1.06. The summed E-state index contributed by atoms with van der Waals surface area (Å²) in [7, 11) is 0. The van der Waals surface area contributed by atoms with Gasteiger partial charge in [0.25, 0.3) is 0 Å². The van der Waals surface area contributed by atoms with Crippen molar-refractivity contribution in [2.45, 2.75) is 44.8 Å². The van der Waals surface area contributed by atoms with Gasteiger partial charge in [-0.2, -0.15) is 0 Å². The van der Waals surface area contributed by atoms with Crippen molar-refractivity contribution in [1.29, 1.82) is 0 Å². The Labute approximate surface area is 77.8 Å². The Balaban J connectivity index is 2.33. The summed E-state index contributed by atoms with van der Waals surface area (Å²) < 4.78 is 15.3. The molecule has 1 rings (SSSR count). The molecule has 0 bridgehead atoms. The molecule has 3 heteroatoms. The van der Waals surface area contributed by atoms with E-state index in [9.17, 15) is 4.55 Å². The van der Waals surface area contributed by atoms with Crippen LogP contribution in [-0.2, 0) is 11.4 Å². The molecule has 0 aromatic carbocycles. The van der Waals surface area contributed by atoms with E-state index >= 15 is 0 Å². The maximum Gasteiger partial charge on any atom is 0.144 e. The van der Waals surface area contributed by atoms with Crippen molar-refractivity contribution in [2.75, 3.05) is 0 Å². The van der Waals surface area contributed by atoms with Gasteiger partial charge in [0.2, 0.25) is 0 Å². The van der Waals surface area contributed by atoms with Crippen LogP contribution in [0.4, 0.5) is 0 Å². The fourth-order valence-corrected chi connectivity index (χ4v) is 1.49. The molecule has 2 nitrogen and oxygen atoms in total. The molecule has 1 aliphatic rings. The number of hydrogen-bond donors (Lipinski definition) is 0. The minimum Gasteiger partial charge on any atom is -0.591 e. The van der Waals surface area contributed by atoms with Gasteiger partial charge in [0.1, 0.15) is 16.1 Å². The molecule has 0 saturated heterocycles. The van der Waals surface area contributed by atoms with Crippen LogP contribution in [0.15, 0.2) is 4.40 Å². The van der Waals surface area contributed by atoms with Crippen LogP contribution in [0, 0.1) is 5.92 Å². The standard InChI is InChI=1S/C9H17NOS/c1-9(2,3)12(11)10-7-8-5-4-6-8/h7-8H,4-6H2,1-3H3/b10-7+/t12-/m1/s1. The summed E-state index contributed by atoms with van der Waals surface area (Å²) in [6.07, 6.45) is 5.64. The highest BCUT2D eigenvalue weighted by Gasteiger charge is 2.26. The molecule has 1 saturated carbocycles. The molecule has 0 heterocycles. The van der Waals surface area contributed by atoms with Gasteiger partial charge in [-0.05, 0) is 39.5 Å². The van der Waals surface area contributed by atoms with Gasteiger partial charge in [-0.1, -0.05) is 10.8 Å². The van der Waals surface area contributed by atoms with Crippen LogP contribution in [0.5, 0.6) is 0 Å². The summed E-state index contributed by atoms with van der Waals surface area (Å²) in [4.78, 5) is 0. The maximum absolute atomic E-state index is 11.4. The zero-order valence-corrected chi connectivity index (χ0v) is 8.86. The molecule has 0 radical (unpaired) electrons. The first-order valence-electron chi connectivity index (χ1n) is 4.46. The molecule has 12 heavy (non-hydrogen) atoms. The quantitative estimate of drug-likeness (QED) is 0.482. The maximum atomic E-state index is 11.4. The van der Waals surface area contributed by atoms with Gasteiger partial charge in [-0.15, -0.1) is 0 Å². The highest BCUT2D eigenvalue weighted by molar-refractivity contribution is 7.91. The Kier molecular flexibility index (Phi) is 3.18. The van der Waals surface area contributed by atoms with Crippen LogP contribution in [0.1, 0.15) is 40.0 Å². The largest absolute Gasteiger partial charge is 0.591 e. The average Bonchev–Trinajstić information content (AvgIpc) is 1.81. The predicted molar refractivity (Wildman–Crippen MR) is 53.7 cm³/mol. The second-order valence-electron chi connectivity index (χ2n) is 4.31. The van der Waals surface area contributed by atoms with Gasteiger partial charge in [0.05, 0.1) is 6.21 Å². The molecular weight excluding hydrogens is 170 g/mol. The molecule has 0 aromatic heterocycles. The number of nitrogens with zero attached hydrogens (tertiary/aromatic N) is 1. The summed E-state index contributed by atoms with van der Waals surface area (Å²) >= 11 is -1.06. The topological polar surface area (TPSA) is 35.4 Å². The molecule has 0 unspecified atom stereocenters. The van der Waals surface area contributed by atoms with E-state index in [1.165, 1.54) is 19.3 Å². The van der Waals surface area contributed by atoms with E-state index in [4.69, 9.17) is 0 Å². The SMILES string of the molecule is CC(C)(C)[S@@+]([O-])/N=C/C1CCC1. The summed E-state index contributed by atoms with van der Waals surface area (Å²) in [5.41, 5.74) is 0. The molecular formula is C9H17NOS. The third-order valence-electron chi connectivity index (χ3n) is 2.04. The molecule has 70 valence electrons. The highest BCUT2D eigenvalue weighted by Crippen LogP contribution is 2.25. The summed E-state index contributed by atoms with van der Waals surface area (Å²) in [5, 5.41) is 0. The first-order chi connectivity index (χ1) is 5.50. The van der Waals surface area contributed by atoms with Crippen LogP contribution in [-0.4, -0.2) is 15.5 Å². The molecule has 1 fully saturated rings. The zero-order chi connectivity index (χ0) is 9.19. The van der Waals surface area contributed by atoms with Gasteiger partial charge in [0, 0.05) is 0 Å². The van der Waals surface area contributed by atoms with Gasteiger partial charge in [0.15, 0.2) is 0 Å². The third-order valence-corrected chi connectivity index (χ3v) is 3.40. The van der Waals surface area contributed by atoms with E-state index in [0.717, 1.165) is 0 Å². The van der Waals surface area contributed by atoms with Crippen LogP contribution >= 0.6 is 0 Å². The van der Waals surface area contributed by atoms with Crippen LogP contribution in [0.25, 0.3) is 0 Å². The van der Waals surface area contributed by atoms with Crippen molar-refractivity contribution in [3.63, 3.8) is 0 Å². The summed E-state index contributed by atoms with van der Waals surface area (Å²) in [6, 6.07) is 0. The molecule has 0 aliphatic heterocycles. The van der Waals surface area contributed by atoms with Crippen molar-refractivity contribution < 1.29 is 4.55 Å². The van der Waals surface area contributed by atoms with Crippen LogP contribution in [0.3, 0.4) is 0 Å². The fraction of sp³-hybridized carbons (Fsp3) is 0.889. The van der Waals surface area contributed by atoms with Crippen molar-refractivity contribution in [3.8, 4) is 0 Å². The molecule has 0 spiro atoms. The van der Waals surface area contributed by atoms with Crippen molar-refractivity contribution in [2.24, 2.45) is 10.3 Å². The molecule has 1 aliphatic carbocycles. The predicted octanol–water partition coefficient (Wildman–Crippen LogP) is 2.32. The Morgan fingerprint density at radius 1 is 1.42 bits per heavy atom. The van der Waals surface area contributed by atoms with Crippen LogP contribution < -0.4 is 0 Å². The fourth-order valence-electron chi connectivity index (χ4n) is 0.888. The Hall–Kier alpha value is -0.0200. The lowest BCUT2D eigenvalue weighted by Crippen LogP contribution is -2.26. The second kappa shape index (κ2) is 3.79. The smallest absolute Gasteiger partial charge is 0.144 e. The molecule has 0 aromatic rings. The first-order valence-corrected chi connectivity index (χ1v) is 5.57. The van der Waals surface area contributed by atoms with E-state index in [1.807, 2.05) is 27.0 Å². The number of hydrogen-bond acceptors (Lipinski definition) is 2. The van der Waals surface area contributed by atoms with Gasteiger partial charge < -0.3 is 4.55 Å². The lowest BCUT2D eigenvalue weighted by Gasteiger charge is -2.22. The highest BCUT2D eigenvalue weighted by atomic mass is 32.2. The summed E-state index contributed by atoms with van der Waals surface area (Å²) in [6.45, 7) is 5.84. The van der Waals surface area contributed by atoms with E-state index in [1.54, 1.807) is 0 Å². The Morgan fingerprint density at radius 2 is 2.00 bits per heavy atom. The molecule has 0 N–H and O–H groups in total. The van der Waals surface area contributed by atoms with Gasteiger partial charge in [-0.3, -0.25) is 0 Å². The van der Waals surface area contributed by atoms with E-state index in [-0.39, 0.29) is 4.75 Å². The second-order valence-corrected chi connectivity index (χ2v) is 6.24. The van der Waals surface area contributed by atoms with Crippen molar-refractivity contribution in [3.05, 3.63) is 0 Å². The molecule has 1 atom stereocenters. The zero-order valence-electron chi connectivity index (χ0n) is 8.04. The Bertz CT molecular complexity index is 170. The van der Waals surface area contributed by atoms with Gasteiger partial charge >= 0.3 is 0 Å². The van der Waals surface area contributed by atoms with E-state index in [0.29, 0.717) is 5.92 Å². The monoisotopic (exact) mass is 187 g/mol. The lowest BCUT2D eigenvalue weighted by atomic mass is 9.87. The average molecular weight is 187 g/mol. The summed E-state index contributed by atoms with van der Waals surface area (Å²) in [5.74, 6) is 0.608. The first kappa shape index (κ1) is 10.1. The van der Waals surface area contributed by atoms with Crippen molar-refractivity contribution >= 4 is 17.6 Å². The van der Waals surface area contributed by atoms with Gasteiger partial charge in [-0.25, -0.2) is 0 Å². The minimum absolute atomic E-state index is 0.208. The third kappa shape index (κ3) is 2.79. The van der Waals surface area contributed by atoms with E-state index in [2.05, 4.69) is 4.40 Å². The Morgan fingerprint density at radius 3 is 2.33 bits per heavy atom. The lowest BCUT2D eigenvalue weighted by molar-refractivity contribution is 0.421. The molecule has 0 amide bonds. The normalized spacial score (nSPS) is 22.7. The van der Waals surface area contributed by atoms with Crippen LogP contribution in [0.2, 0.25) is 0 Å². The van der Waals surface area contributed by atoms with Crippen molar-refractivity contribution in [1.82, 2.24) is 0 Å². The van der Waals surface area contributed by atoms with E-state index < -0.39 is 11.4 Å².